The summed E-state index contributed by atoms with van der Waals surface area (Å²) < 4.78 is 6.24. The first-order valence-electron chi connectivity index (χ1n) is 19.6. The fourth-order valence-corrected chi connectivity index (χ4v) is 13.9. The summed E-state index contributed by atoms with van der Waals surface area (Å²) in [4.78, 5) is 43.1. The second kappa shape index (κ2) is 12.2. The van der Waals surface area contributed by atoms with Crippen molar-refractivity contribution in [2.24, 2.45) is 62.1 Å². The van der Waals surface area contributed by atoms with E-state index in [0.717, 1.165) is 51.7 Å². The molecule has 0 spiro atoms. The van der Waals surface area contributed by atoms with Crippen molar-refractivity contribution in [2.75, 3.05) is 33.2 Å². The molecule has 48 heavy (non-hydrogen) atoms. The Morgan fingerprint density at radius 3 is 2.19 bits per heavy atom. The van der Waals surface area contributed by atoms with Crippen LogP contribution in [0.4, 0.5) is 0 Å². The van der Waals surface area contributed by atoms with Crippen molar-refractivity contribution in [3.63, 3.8) is 0 Å². The van der Waals surface area contributed by atoms with Gasteiger partial charge in [0.1, 0.15) is 12.4 Å². The maximum atomic E-state index is 14.0. The summed E-state index contributed by atoms with van der Waals surface area (Å²) in [5, 5.41) is 0. The summed E-state index contributed by atoms with van der Waals surface area (Å²) in [6, 6.07) is 0. The molecular formula is C42H68N2O4. The molecule has 5 saturated carbocycles. The largest absolute Gasteiger partial charge is 0.462 e. The van der Waals surface area contributed by atoms with Crippen molar-refractivity contribution < 1.29 is 19.1 Å². The topological polar surface area (TPSA) is 66.9 Å². The normalized spacial score (nSPS) is 44.1. The molecule has 6 rings (SSSR count). The third kappa shape index (κ3) is 5.56. The van der Waals surface area contributed by atoms with E-state index in [-0.39, 0.29) is 45.6 Å². The minimum Gasteiger partial charge on any atom is -0.462 e. The molecule has 1 heterocycles. The Hall–Kier alpha value is -1.69. The minimum absolute atomic E-state index is 0.107. The van der Waals surface area contributed by atoms with Gasteiger partial charge in [0.15, 0.2) is 0 Å². The first-order valence-corrected chi connectivity index (χ1v) is 19.6. The molecule has 1 amide bonds. The van der Waals surface area contributed by atoms with Crippen LogP contribution in [0, 0.1) is 62.1 Å². The molecule has 1 saturated heterocycles. The highest BCUT2D eigenvalue weighted by molar-refractivity contribution is 5.77. The maximum Gasteiger partial charge on any atom is 0.307 e. The van der Waals surface area contributed by atoms with Gasteiger partial charge in [0, 0.05) is 43.4 Å². The van der Waals surface area contributed by atoms with E-state index in [4.69, 9.17) is 4.74 Å². The molecule has 6 aliphatic rings. The highest BCUT2D eigenvalue weighted by atomic mass is 16.5. The third-order valence-electron chi connectivity index (χ3n) is 16.7. The van der Waals surface area contributed by atoms with Crippen LogP contribution in [-0.2, 0) is 19.1 Å². The lowest BCUT2D eigenvalue weighted by Crippen LogP contribution is -2.67. The molecule has 5 aliphatic carbocycles. The summed E-state index contributed by atoms with van der Waals surface area (Å²) in [7, 11) is 2.16. The van der Waals surface area contributed by atoms with E-state index in [9.17, 15) is 14.4 Å². The zero-order valence-corrected chi connectivity index (χ0v) is 32.1. The number of hydrogen-bond acceptors (Lipinski definition) is 5. The maximum absolute atomic E-state index is 14.0. The number of allylic oxidation sites excluding steroid dienone is 1. The smallest absolute Gasteiger partial charge is 0.307 e. The fraction of sp³-hybridized carbons (Fsp3) is 0.881. The molecule has 6 nitrogen and oxygen atoms in total. The Kier molecular flexibility index (Phi) is 9.20. The van der Waals surface area contributed by atoms with Gasteiger partial charge in [-0.05, 0) is 129 Å². The van der Waals surface area contributed by atoms with Crippen molar-refractivity contribution in [3.05, 3.63) is 12.2 Å². The summed E-state index contributed by atoms with van der Waals surface area (Å²) in [6.45, 7) is 26.8. The average Bonchev–Trinajstić information content (AvgIpc) is 3.38. The molecule has 0 bridgehead atoms. The van der Waals surface area contributed by atoms with E-state index in [1.165, 1.54) is 56.9 Å². The molecule has 0 N–H and O–H groups in total. The highest BCUT2D eigenvalue weighted by Gasteiger charge is 2.71. The van der Waals surface area contributed by atoms with Gasteiger partial charge in [0.2, 0.25) is 5.91 Å². The number of esters is 1. The third-order valence-corrected chi connectivity index (χ3v) is 16.7. The van der Waals surface area contributed by atoms with Crippen molar-refractivity contribution in [3.8, 4) is 0 Å². The standard InChI is InChI=1S/C42H68N2O4/c1-28(2)29-13-18-42(25-34(46)44-23-21-43(10)22-24-44)20-19-40(8)30(36(29)42)11-12-32-39(7)16-15-33(48-35(47)26-37(3,4)27-45)38(5,6)31(39)14-17-41(32,40)9/h27,29-33,36H,1,11-26H2,2-10H3/t29-,30?,31-,32+,33?,36+,39-,40+,41?,42+/m0/s1. The molecule has 10 atom stereocenters. The highest BCUT2D eigenvalue weighted by Crippen LogP contribution is 2.78. The number of hydrogen-bond donors (Lipinski definition) is 0. The van der Waals surface area contributed by atoms with Gasteiger partial charge in [-0.3, -0.25) is 9.59 Å². The second-order valence-electron chi connectivity index (χ2n) is 20.0. The van der Waals surface area contributed by atoms with Gasteiger partial charge in [0.25, 0.3) is 0 Å². The van der Waals surface area contributed by atoms with E-state index < -0.39 is 5.41 Å². The van der Waals surface area contributed by atoms with Crippen LogP contribution in [0.3, 0.4) is 0 Å². The van der Waals surface area contributed by atoms with Crippen LogP contribution in [0.1, 0.15) is 132 Å². The number of ether oxygens (including phenoxy) is 1. The Balaban J connectivity index is 1.25. The number of aldehydes is 1. The van der Waals surface area contributed by atoms with E-state index in [1.807, 2.05) is 13.8 Å². The van der Waals surface area contributed by atoms with Gasteiger partial charge in [-0.25, -0.2) is 0 Å². The minimum atomic E-state index is -0.691. The zero-order valence-electron chi connectivity index (χ0n) is 32.1. The van der Waals surface area contributed by atoms with Crippen LogP contribution >= 0.6 is 0 Å². The van der Waals surface area contributed by atoms with Crippen molar-refractivity contribution >= 4 is 18.2 Å². The fourth-order valence-electron chi connectivity index (χ4n) is 13.9. The molecule has 6 fully saturated rings. The number of rotatable bonds is 7. The van der Waals surface area contributed by atoms with Gasteiger partial charge >= 0.3 is 5.97 Å². The molecule has 0 radical (unpaired) electrons. The molecule has 3 unspecified atom stereocenters. The average molecular weight is 665 g/mol. The quantitative estimate of drug-likeness (QED) is 0.156. The van der Waals surface area contributed by atoms with Crippen molar-refractivity contribution in [1.29, 1.82) is 0 Å². The predicted molar refractivity (Wildman–Crippen MR) is 192 cm³/mol. The molecule has 6 heteroatoms. The first-order chi connectivity index (χ1) is 22.3. The lowest BCUT2D eigenvalue weighted by atomic mass is 9.32. The lowest BCUT2D eigenvalue weighted by Gasteiger charge is -2.73. The number of nitrogens with zero attached hydrogens (tertiary/aromatic N) is 2. The van der Waals surface area contributed by atoms with Crippen LogP contribution in [0.2, 0.25) is 0 Å². The second-order valence-corrected chi connectivity index (χ2v) is 20.0. The van der Waals surface area contributed by atoms with E-state index in [2.05, 4.69) is 65.0 Å². The lowest BCUT2D eigenvalue weighted by molar-refractivity contribution is -0.250. The number of carbonyl (C=O) groups is 3. The Labute approximate surface area is 292 Å². The SMILES string of the molecule is C=C(C)[C@@H]1CC[C@]2(CC(=O)N3CCN(C)CC3)CC[C@]3(C)C(CC[C@H]4C3(C)CC[C@H]3C(C)(C)C(OC(=O)CC(C)(C)C=O)CC[C@@]34C)[C@@H]12. The summed E-state index contributed by atoms with van der Waals surface area (Å²) in [5.74, 6) is 3.00. The van der Waals surface area contributed by atoms with Gasteiger partial charge in [-0.1, -0.05) is 60.6 Å². The van der Waals surface area contributed by atoms with Crippen LogP contribution < -0.4 is 0 Å². The monoisotopic (exact) mass is 665 g/mol. The number of piperazine rings is 1. The zero-order chi connectivity index (χ0) is 35.1. The Morgan fingerprint density at radius 1 is 0.854 bits per heavy atom. The Bertz CT molecular complexity index is 1300. The van der Waals surface area contributed by atoms with Gasteiger partial charge in [-0.2, -0.15) is 0 Å². The Morgan fingerprint density at radius 2 is 1.54 bits per heavy atom. The van der Waals surface area contributed by atoms with Crippen LogP contribution in [0.5, 0.6) is 0 Å². The van der Waals surface area contributed by atoms with E-state index >= 15 is 0 Å². The van der Waals surface area contributed by atoms with Crippen molar-refractivity contribution in [1.82, 2.24) is 9.80 Å². The first kappa shape index (κ1) is 36.1. The number of likely N-dealkylation sites (N-methyl/N-ethyl adjacent to an activating group) is 1. The van der Waals surface area contributed by atoms with Crippen LogP contribution in [0.15, 0.2) is 12.2 Å². The summed E-state index contributed by atoms with van der Waals surface area (Å²) in [5.41, 5.74) is 1.32. The van der Waals surface area contributed by atoms with Crippen molar-refractivity contribution in [2.45, 2.75) is 139 Å². The summed E-state index contributed by atoms with van der Waals surface area (Å²) in [6.07, 6.45) is 13.4. The van der Waals surface area contributed by atoms with Gasteiger partial charge < -0.3 is 19.3 Å². The van der Waals surface area contributed by atoms with Crippen LogP contribution in [-0.4, -0.2) is 67.3 Å². The number of carbonyl (C=O) groups excluding carboxylic acids is 3. The molecule has 0 aromatic heterocycles. The van der Waals surface area contributed by atoms with Gasteiger partial charge in [-0.15, -0.1) is 0 Å². The summed E-state index contributed by atoms with van der Waals surface area (Å²) >= 11 is 0. The number of amides is 1. The molecule has 0 aromatic carbocycles. The van der Waals surface area contributed by atoms with Gasteiger partial charge in [0.05, 0.1) is 6.42 Å². The van der Waals surface area contributed by atoms with E-state index in [0.29, 0.717) is 35.5 Å². The molecule has 0 aromatic rings. The van der Waals surface area contributed by atoms with Crippen LogP contribution in [0.25, 0.3) is 0 Å². The predicted octanol–water partition coefficient (Wildman–Crippen LogP) is 8.34. The molecule has 270 valence electrons. The molecule has 1 aliphatic heterocycles. The number of fused-ring (bicyclic) bond motifs is 7. The van der Waals surface area contributed by atoms with E-state index in [1.54, 1.807) is 0 Å². The molecular weight excluding hydrogens is 596 g/mol.